The zero-order valence-corrected chi connectivity index (χ0v) is 13.7. The molecular formula is C24H20. The van der Waals surface area contributed by atoms with Crippen molar-refractivity contribution in [1.82, 2.24) is 0 Å². The van der Waals surface area contributed by atoms with Crippen LogP contribution in [0.4, 0.5) is 0 Å². The fraction of sp³-hybridized carbons (Fsp3) is 0.167. The number of hydrogen-bond acceptors (Lipinski definition) is 0. The Morgan fingerprint density at radius 1 is 0.667 bits per heavy atom. The maximum absolute atomic E-state index is 2.38. The van der Waals surface area contributed by atoms with Crippen molar-refractivity contribution < 1.29 is 0 Å². The Labute approximate surface area is 143 Å². The van der Waals surface area contributed by atoms with Gasteiger partial charge in [-0.3, -0.25) is 0 Å². The molecule has 0 heterocycles. The summed E-state index contributed by atoms with van der Waals surface area (Å²) < 4.78 is 0. The molecule has 1 unspecified atom stereocenters. The van der Waals surface area contributed by atoms with Crippen molar-refractivity contribution in [2.24, 2.45) is 0 Å². The predicted molar refractivity (Wildman–Crippen MR) is 101 cm³/mol. The van der Waals surface area contributed by atoms with Gasteiger partial charge in [-0.2, -0.15) is 0 Å². The number of hydrogen-bond donors (Lipinski definition) is 0. The van der Waals surface area contributed by atoms with Crippen LogP contribution in [0.1, 0.15) is 33.7 Å². The summed E-state index contributed by atoms with van der Waals surface area (Å²) in [5, 5.41) is 0. The van der Waals surface area contributed by atoms with Crippen molar-refractivity contribution in [3.63, 3.8) is 0 Å². The Morgan fingerprint density at radius 2 is 1.50 bits per heavy atom. The SMILES string of the molecule is C1=CC(c2ccccc2)Cc2c1ccc1c2CCc2ccccc2-1. The van der Waals surface area contributed by atoms with E-state index in [2.05, 4.69) is 78.9 Å². The van der Waals surface area contributed by atoms with Gasteiger partial charge < -0.3 is 0 Å². The highest BCUT2D eigenvalue weighted by Gasteiger charge is 2.23. The third kappa shape index (κ3) is 2.14. The lowest BCUT2D eigenvalue weighted by Crippen LogP contribution is -2.13. The van der Waals surface area contributed by atoms with E-state index < -0.39 is 0 Å². The summed E-state index contributed by atoms with van der Waals surface area (Å²) in [6.07, 6.45) is 8.17. The van der Waals surface area contributed by atoms with Crippen LogP contribution in [0.2, 0.25) is 0 Å². The first-order chi connectivity index (χ1) is 11.9. The van der Waals surface area contributed by atoms with Gasteiger partial charge in [-0.05, 0) is 58.2 Å². The van der Waals surface area contributed by atoms with Gasteiger partial charge in [0.15, 0.2) is 0 Å². The summed E-state index contributed by atoms with van der Waals surface area (Å²) in [6, 6.07) is 24.4. The molecule has 0 saturated carbocycles. The highest BCUT2D eigenvalue weighted by Crippen LogP contribution is 2.40. The molecule has 1 atom stereocenters. The first-order valence-corrected chi connectivity index (χ1v) is 8.86. The second kappa shape index (κ2) is 5.49. The maximum atomic E-state index is 2.38. The molecule has 0 aromatic heterocycles. The molecule has 3 aromatic rings. The smallest absolute Gasteiger partial charge is 0.00620 e. The number of allylic oxidation sites excluding steroid dienone is 1. The molecule has 0 heteroatoms. The third-order valence-electron chi connectivity index (χ3n) is 5.58. The molecule has 0 aliphatic heterocycles. The van der Waals surface area contributed by atoms with Gasteiger partial charge in [-0.15, -0.1) is 0 Å². The molecule has 116 valence electrons. The first-order valence-electron chi connectivity index (χ1n) is 8.86. The van der Waals surface area contributed by atoms with E-state index >= 15 is 0 Å². The van der Waals surface area contributed by atoms with E-state index in [1.165, 1.54) is 40.7 Å². The summed E-state index contributed by atoms with van der Waals surface area (Å²) >= 11 is 0. The van der Waals surface area contributed by atoms with Crippen molar-refractivity contribution in [3.8, 4) is 11.1 Å². The van der Waals surface area contributed by atoms with Crippen LogP contribution >= 0.6 is 0 Å². The van der Waals surface area contributed by atoms with Crippen molar-refractivity contribution in [2.75, 3.05) is 0 Å². The summed E-state index contributed by atoms with van der Waals surface area (Å²) in [5.74, 6) is 0.502. The fourth-order valence-corrected chi connectivity index (χ4v) is 4.34. The van der Waals surface area contributed by atoms with Gasteiger partial charge in [0.1, 0.15) is 0 Å². The molecule has 0 bridgehead atoms. The molecule has 0 saturated heterocycles. The van der Waals surface area contributed by atoms with Crippen LogP contribution in [0.25, 0.3) is 17.2 Å². The lowest BCUT2D eigenvalue weighted by Gasteiger charge is -2.28. The van der Waals surface area contributed by atoms with Gasteiger partial charge in [0, 0.05) is 5.92 Å². The van der Waals surface area contributed by atoms with Crippen LogP contribution in [-0.2, 0) is 19.3 Å². The monoisotopic (exact) mass is 308 g/mol. The number of aryl methyl sites for hydroxylation is 1. The van der Waals surface area contributed by atoms with Crippen LogP contribution in [-0.4, -0.2) is 0 Å². The van der Waals surface area contributed by atoms with Crippen molar-refractivity contribution in [2.45, 2.75) is 25.2 Å². The molecule has 0 amide bonds. The standard InChI is InChI=1S/C24H20/c1-2-6-17(7-3-1)20-11-10-19-13-14-22-21-9-5-4-8-18(21)12-15-23(22)24(19)16-20/h1-11,13-14,20H,12,15-16H2. The minimum absolute atomic E-state index is 0.502. The van der Waals surface area contributed by atoms with Gasteiger partial charge in [-0.1, -0.05) is 78.9 Å². The molecular weight excluding hydrogens is 288 g/mol. The molecule has 24 heavy (non-hydrogen) atoms. The number of rotatable bonds is 1. The second-order valence-corrected chi connectivity index (χ2v) is 6.90. The van der Waals surface area contributed by atoms with Crippen LogP contribution in [0.15, 0.2) is 72.8 Å². The second-order valence-electron chi connectivity index (χ2n) is 6.90. The normalized spacial score (nSPS) is 17.8. The zero-order chi connectivity index (χ0) is 15.9. The molecule has 0 fully saturated rings. The Morgan fingerprint density at radius 3 is 2.42 bits per heavy atom. The van der Waals surface area contributed by atoms with Gasteiger partial charge in [0.25, 0.3) is 0 Å². The van der Waals surface area contributed by atoms with Gasteiger partial charge in [0.2, 0.25) is 0 Å². The topological polar surface area (TPSA) is 0 Å². The molecule has 3 aromatic carbocycles. The van der Waals surface area contributed by atoms with E-state index in [1.807, 2.05) is 0 Å². The van der Waals surface area contributed by atoms with E-state index in [4.69, 9.17) is 0 Å². The number of benzene rings is 3. The predicted octanol–water partition coefficient (Wildman–Crippen LogP) is 5.81. The lowest BCUT2D eigenvalue weighted by atomic mass is 9.76. The zero-order valence-electron chi connectivity index (χ0n) is 13.7. The first kappa shape index (κ1) is 13.8. The van der Waals surface area contributed by atoms with Gasteiger partial charge in [0.05, 0.1) is 0 Å². The molecule has 0 nitrogen and oxygen atoms in total. The largest absolute Gasteiger partial charge is 0.0761 e. The van der Waals surface area contributed by atoms with Crippen LogP contribution in [0, 0.1) is 0 Å². The molecule has 0 spiro atoms. The van der Waals surface area contributed by atoms with Crippen molar-refractivity contribution >= 4 is 6.08 Å². The van der Waals surface area contributed by atoms with Crippen LogP contribution < -0.4 is 0 Å². The third-order valence-corrected chi connectivity index (χ3v) is 5.58. The minimum Gasteiger partial charge on any atom is -0.0761 e. The Kier molecular flexibility index (Phi) is 3.16. The Balaban J connectivity index is 1.62. The maximum Gasteiger partial charge on any atom is 0.00620 e. The van der Waals surface area contributed by atoms with Crippen molar-refractivity contribution in [3.05, 3.63) is 101 Å². The number of fused-ring (bicyclic) bond motifs is 5. The van der Waals surface area contributed by atoms with Crippen molar-refractivity contribution in [1.29, 1.82) is 0 Å². The fourth-order valence-electron chi connectivity index (χ4n) is 4.34. The van der Waals surface area contributed by atoms with E-state index in [0.717, 1.165) is 6.42 Å². The molecule has 0 N–H and O–H groups in total. The molecule has 2 aliphatic carbocycles. The highest BCUT2D eigenvalue weighted by atomic mass is 14.3. The minimum atomic E-state index is 0.502. The molecule has 0 radical (unpaired) electrons. The van der Waals surface area contributed by atoms with Gasteiger partial charge in [-0.25, -0.2) is 0 Å². The van der Waals surface area contributed by atoms with Crippen LogP contribution in [0.5, 0.6) is 0 Å². The summed E-state index contributed by atoms with van der Waals surface area (Å²) in [6.45, 7) is 0. The van der Waals surface area contributed by atoms with Crippen LogP contribution in [0.3, 0.4) is 0 Å². The Bertz CT molecular complexity index is 932. The quantitative estimate of drug-likeness (QED) is 0.532. The van der Waals surface area contributed by atoms with E-state index in [-0.39, 0.29) is 0 Å². The molecule has 2 aliphatic rings. The van der Waals surface area contributed by atoms with E-state index in [1.54, 1.807) is 11.1 Å². The summed E-state index contributed by atoms with van der Waals surface area (Å²) in [7, 11) is 0. The average molecular weight is 308 g/mol. The summed E-state index contributed by atoms with van der Waals surface area (Å²) in [5.41, 5.74) is 10.4. The average Bonchev–Trinajstić information content (AvgIpc) is 2.67. The lowest BCUT2D eigenvalue weighted by molar-refractivity contribution is 0.803. The van der Waals surface area contributed by atoms with E-state index in [0.29, 0.717) is 5.92 Å². The highest BCUT2D eigenvalue weighted by molar-refractivity contribution is 5.77. The van der Waals surface area contributed by atoms with E-state index in [9.17, 15) is 0 Å². The Hall–Kier alpha value is -2.60. The van der Waals surface area contributed by atoms with Gasteiger partial charge >= 0.3 is 0 Å². The molecule has 5 rings (SSSR count). The summed E-state index contributed by atoms with van der Waals surface area (Å²) in [4.78, 5) is 0.